The number of ketones is 2. The predicted molar refractivity (Wildman–Crippen MR) is 263 cm³/mol. The number of aromatic nitrogens is 2. The van der Waals surface area contributed by atoms with Crippen molar-refractivity contribution in [3.8, 4) is 0 Å². The van der Waals surface area contributed by atoms with Crippen LogP contribution in [0.4, 0.5) is 14.9 Å². The Hall–Kier alpha value is -5.24. The first kappa shape index (κ1) is 56.7. The van der Waals surface area contributed by atoms with Crippen molar-refractivity contribution in [2.45, 2.75) is 148 Å². The Morgan fingerprint density at radius 2 is 1.55 bits per heavy atom. The van der Waals surface area contributed by atoms with Gasteiger partial charge in [0.25, 0.3) is 5.67 Å². The molecule has 0 radical (unpaired) electrons. The van der Waals surface area contributed by atoms with Gasteiger partial charge < -0.3 is 43.9 Å². The molecule has 0 unspecified atom stereocenters. The highest BCUT2D eigenvalue weighted by atomic mass is 19.1. The Morgan fingerprint density at radius 3 is 2.10 bits per heavy atom. The zero-order valence-electron chi connectivity index (χ0n) is 43.2. The standard InChI is InChI=1S/C53H75FN6O11/c1-12-42-32-68-51(66)60(26-23-38-19-21-39(22-20-38)57-44(61)31-59(29-40-17-13-15-24-55-40)30-41-18-14-16-25-56-41)37(6)35(4)45(62)33(2)28-52(7,67-11)48(36(5)47(64)53(8,54)50(65)70-42)71-49-46(63)43(58(9)10)27-34(3)69-49/h13-22,24-25,33-37,42-43,46,48-49,63H,12,23,26-32H2,1-11H3,(H,57,61)/t33-,34-,35-,36+,37-,42-,43+,46-,48-,49-,52+,53-/m1/s1. The average Bonchev–Trinajstić information content (AvgIpc) is 3.34. The number of carbonyl (C=O) groups is 5. The molecule has 2 saturated heterocycles. The predicted octanol–water partition coefficient (Wildman–Crippen LogP) is 6.20. The number of nitrogens with one attached hydrogen (secondary N) is 1. The second kappa shape index (κ2) is 25.4. The summed E-state index contributed by atoms with van der Waals surface area (Å²) in [5.41, 5.74) is -1.66. The minimum Gasteiger partial charge on any atom is -0.456 e. The van der Waals surface area contributed by atoms with Crippen LogP contribution in [0.25, 0.3) is 0 Å². The fourth-order valence-electron chi connectivity index (χ4n) is 9.46. The third-order valence-corrected chi connectivity index (χ3v) is 14.0. The number of hydrogen-bond acceptors (Lipinski definition) is 15. The molecule has 2 aliphatic rings. The van der Waals surface area contributed by atoms with E-state index in [1.807, 2.05) is 79.3 Å². The van der Waals surface area contributed by atoms with Gasteiger partial charge in [0.2, 0.25) is 5.91 Å². The Kier molecular flexibility index (Phi) is 20.3. The van der Waals surface area contributed by atoms with Gasteiger partial charge in [0, 0.05) is 74.7 Å². The van der Waals surface area contributed by atoms with Crippen LogP contribution in [0.3, 0.4) is 0 Å². The molecule has 2 fully saturated rings. The number of ether oxygens (including phenoxy) is 5. The topological polar surface area (TPSA) is 199 Å². The molecular formula is C53H75FN6O11. The van der Waals surface area contributed by atoms with Crippen molar-refractivity contribution >= 4 is 35.2 Å². The number of anilines is 1. The van der Waals surface area contributed by atoms with Crippen LogP contribution in [0.5, 0.6) is 0 Å². The van der Waals surface area contributed by atoms with Gasteiger partial charge in [-0.1, -0.05) is 52.0 Å². The summed E-state index contributed by atoms with van der Waals surface area (Å²) in [6.07, 6.45) is -1.76. The van der Waals surface area contributed by atoms with Gasteiger partial charge in [-0.05, 0) is 109 Å². The fourth-order valence-corrected chi connectivity index (χ4v) is 9.46. The number of halogens is 1. The van der Waals surface area contributed by atoms with Crippen LogP contribution in [0.2, 0.25) is 0 Å². The average molecular weight is 991 g/mol. The molecule has 1 aromatic carbocycles. The first-order chi connectivity index (χ1) is 33.6. The zero-order chi connectivity index (χ0) is 52.2. The summed E-state index contributed by atoms with van der Waals surface area (Å²) in [4.78, 5) is 84.0. The summed E-state index contributed by atoms with van der Waals surface area (Å²) in [7, 11) is 5.02. The first-order valence-corrected chi connectivity index (χ1v) is 24.6. The lowest BCUT2D eigenvalue weighted by Crippen LogP contribution is -2.60. The van der Waals surface area contributed by atoms with E-state index < -0.39 is 84.1 Å². The third kappa shape index (κ3) is 14.9. The summed E-state index contributed by atoms with van der Waals surface area (Å²) in [5.74, 6) is -6.00. The molecule has 4 heterocycles. The number of cyclic esters (lactones) is 2. The number of Topliss-reactive ketones (excluding diaryl/α,β-unsaturated/α-hetero) is 2. The highest BCUT2D eigenvalue weighted by molar-refractivity contribution is 6.07. The van der Waals surface area contributed by atoms with Gasteiger partial charge in [-0.3, -0.25) is 29.3 Å². The molecule has 0 spiro atoms. The van der Waals surface area contributed by atoms with Crippen LogP contribution >= 0.6 is 0 Å². The summed E-state index contributed by atoms with van der Waals surface area (Å²) in [6, 6.07) is 17.4. The molecule has 3 aromatic rings. The van der Waals surface area contributed by atoms with Crippen LogP contribution in [0.15, 0.2) is 73.1 Å². The van der Waals surface area contributed by atoms with Gasteiger partial charge in [-0.25, -0.2) is 14.0 Å². The van der Waals surface area contributed by atoms with E-state index in [2.05, 4.69) is 15.3 Å². The lowest BCUT2D eigenvalue weighted by Gasteiger charge is -2.47. The second-order valence-corrected chi connectivity index (χ2v) is 19.8. The van der Waals surface area contributed by atoms with Crippen molar-refractivity contribution in [2.75, 3.05) is 46.2 Å². The van der Waals surface area contributed by atoms with Crippen molar-refractivity contribution in [2.24, 2.45) is 17.8 Å². The molecule has 0 aliphatic carbocycles. The molecule has 2 amide bonds. The van der Waals surface area contributed by atoms with E-state index in [0.29, 0.717) is 31.6 Å². The molecule has 390 valence electrons. The number of aliphatic hydroxyl groups excluding tert-OH is 1. The van der Waals surface area contributed by atoms with Crippen molar-refractivity contribution in [1.82, 2.24) is 24.7 Å². The highest BCUT2D eigenvalue weighted by Gasteiger charge is 2.54. The number of rotatable bonds is 15. The highest BCUT2D eigenvalue weighted by Crippen LogP contribution is 2.38. The van der Waals surface area contributed by atoms with Crippen LogP contribution in [-0.4, -0.2) is 154 Å². The number of benzene rings is 1. The SMILES string of the molecule is CC[C@@H]1COC(=O)N(CCc2ccc(NC(=O)CN(Cc3ccccn3)Cc3ccccn3)cc2)[C@H](C)[C@@H](C)C(=O)[C@H](C)C[C@](C)(OC)[C@H](O[C@H]2O[C@H](C)C[C@H](N(C)C)[C@H]2O)[C@@H](C)C(=O)[C@@](C)(F)C(=O)O1. The Labute approximate surface area is 418 Å². The number of aliphatic hydroxyl groups is 1. The number of nitrogens with zero attached hydrogens (tertiary/aromatic N) is 5. The number of amides is 2. The van der Waals surface area contributed by atoms with E-state index in [0.717, 1.165) is 23.9 Å². The lowest BCUT2D eigenvalue weighted by atomic mass is 9.75. The summed E-state index contributed by atoms with van der Waals surface area (Å²) < 4.78 is 46.7. The molecule has 0 bridgehead atoms. The van der Waals surface area contributed by atoms with Crippen LogP contribution in [0, 0.1) is 17.8 Å². The molecule has 71 heavy (non-hydrogen) atoms. The van der Waals surface area contributed by atoms with Crippen LogP contribution < -0.4 is 5.32 Å². The van der Waals surface area contributed by atoms with Crippen molar-refractivity contribution in [3.63, 3.8) is 0 Å². The Morgan fingerprint density at radius 1 is 0.930 bits per heavy atom. The molecule has 5 rings (SSSR count). The second-order valence-electron chi connectivity index (χ2n) is 19.8. The number of likely N-dealkylation sites (N-methyl/N-ethyl adjacent to an activating group) is 1. The van der Waals surface area contributed by atoms with Gasteiger partial charge in [0.05, 0.1) is 35.7 Å². The Balaban J connectivity index is 1.36. The number of pyridine rings is 2. The van der Waals surface area contributed by atoms with Gasteiger partial charge >= 0.3 is 12.1 Å². The number of esters is 1. The van der Waals surface area contributed by atoms with E-state index in [1.165, 1.54) is 18.9 Å². The summed E-state index contributed by atoms with van der Waals surface area (Å²) >= 11 is 0. The first-order valence-electron chi connectivity index (χ1n) is 24.6. The number of methoxy groups -OCH3 is 1. The quantitative estimate of drug-likeness (QED) is 0.129. The molecule has 2 aromatic heterocycles. The van der Waals surface area contributed by atoms with E-state index in [4.69, 9.17) is 23.7 Å². The molecular weight excluding hydrogens is 916 g/mol. The Bertz CT molecular complexity index is 2180. The maximum Gasteiger partial charge on any atom is 0.410 e. The largest absolute Gasteiger partial charge is 0.456 e. The van der Waals surface area contributed by atoms with Crippen molar-refractivity contribution in [3.05, 3.63) is 90.0 Å². The van der Waals surface area contributed by atoms with Gasteiger partial charge in [0.1, 0.15) is 24.6 Å². The van der Waals surface area contributed by atoms with Gasteiger partial charge in [-0.15, -0.1) is 0 Å². The van der Waals surface area contributed by atoms with Crippen molar-refractivity contribution in [1.29, 1.82) is 0 Å². The number of hydrogen-bond donors (Lipinski definition) is 2. The maximum atomic E-state index is 16.7. The normalized spacial score (nSPS) is 30.7. The van der Waals surface area contributed by atoms with Crippen LogP contribution in [-0.2, 0) is 62.4 Å². The lowest BCUT2D eigenvalue weighted by molar-refractivity contribution is -0.295. The van der Waals surface area contributed by atoms with Gasteiger partial charge in [0.15, 0.2) is 12.1 Å². The fraction of sp³-hybridized carbons (Fsp3) is 0.604. The molecule has 2 aliphatic heterocycles. The minimum atomic E-state index is -3.19. The molecule has 2 N–H and O–H groups in total. The number of alkyl halides is 1. The monoisotopic (exact) mass is 991 g/mol. The number of carbonyl (C=O) groups excluding carboxylic acids is 5. The van der Waals surface area contributed by atoms with E-state index in [1.54, 1.807) is 59.1 Å². The summed E-state index contributed by atoms with van der Waals surface area (Å²) in [5, 5.41) is 14.5. The third-order valence-electron chi connectivity index (χ3n) is 14.0. The van der Waals surface area contributed by atoms with E-state index in [9.17, 15) is 29.1 Å². The van der Waals surface area contributed by atoms with Crippen molar-refractivity contribution < 1.29 is 57.2 Å². The maximum absolute atomic E-state index is 16.7. The van der Waals surface area contributed by atoms with Crippen LogP contribution in [0.1, 0.15) is 91.6 Å². The molecule has 12 atom stereocenters. The summed E-state index contributed by atoms with van der Waals surface area (Å²) in [6.45, 7) is 13.2. The molecule has 18 heteroatoms. The van der Waals surface area contributed by atoms with Gasteiger partial charge in [-0.2, -0.15) is 0 Å². The zero-order valence-corrected chi connectivity index (χ0v) is 43.2. The smallest absolute Gasteiger partial charge is 0.410 e. The molecule has 0 saturated carbocycles. The van der Waals surface area contributed by atoms with E-state index in [-0.39, 0.29) is 49.8 Å². The van der Waals surface area contributed by atoms with E-state index >= 15 is 4.39 Å². The minimum absolute atomic E-state index is 0.0393. The molecule has 17 nitrogen and oxygen atoms in total.